The van der Waals surface area contributed by atoms with Crippen LogP contribution in [0.5, 0.6) is 5.75 Å². The van der Waals surface area contributed by atoms with Gasteiger partial charge in [0.25, 0.3) is 0 Å². The smallest absolute Gasteiger partial charge is 0.243 e. The van der Waals surface area contributed by atoms with E-state index in [0.717, 1.165) is 12.1 Å². The van der Waals surface area contributed by atoms with E-state index in [1.165, 1.54) is 28.6 Å². The first kappa shape index (κ1) is 16.8. The number of phenols is 1. The van der Waals surface area contributed by atoms with Crippen molar-refractivity contribution in [1.29, 1.82) is 0 Å². The maximum atomic E-state index is 13.9. The van der Waals surface area contributed by atoms with E-state index >= 15 is 0 Å². The molecule has 0 aromatic heterocycles. The molecule has 8 heteroatoms. The average molecular weight is 354 g/mol. The molecule has 0 radical (unpaired) electrons. The van der Waals surface area contributed by atoms with Crippen LogP contribution in [0.25, 0.3) is 11.1 Å². The van der Waals surface area contributed by atoms with E-state index in [-0.39, 0.29) is 16.0 Å². The monoisotopic (exact) mass is 354 g/mol. The quantitative estimate of drug-likeness (QED) is 0.884. The van der Waals surface area contributed by atoms with Crippen LogP contribution in [-0.4, -0.2) is 44.0 Å². The lowest BCUT2D eigenvalue weighted by molar-refractivity contribution is 0.360. The third-order valence-electron chi connectivity index (χ3n) is 3.93. The fraction of sp³-hybridized carbons (Fsp3) is 0.250. The van der Waals surface area contributed by atoms with Gasteiger partial charge in [-0.15, -0.1) is 0 Å². The minimum absolute atomic E-state index is 0.0736. The first-order chi connectivity index (χ1) is 11.4. The van der Waals surface area contributed by atoms with Crippen LogP contribution >= 0.6 is 0 Å². The average Bonchev–Trinajstić information content (AvgIpc) is 2.60. The summed E-state index contributed by atoms with van der Waals surface area (Å²) < 4.78 is 53.7. The first-order valence-corrected chi connectivity index (χ1v) is 8.83. The SMILES string of the molecule is O=S(=O)(c1ccc(-c2c(O)ccc(F)c2F)cc1)N1CCNCC1. The summed E-state index contributed by atoms with van der Waals surface area (Å²) in [7, 11) is -3.63. The number of sulfonamides is 1. The van der Waals surface area contributed by atoms with E-state index in [1.807, 2.05) is 0 Å². The van der Waals surface area contributed by atoms with Gasteiger partial charge >= 0.3 is 0 Å². The Bertz CT molecular complexity index is 848. The highest BCUT2D eigenvalue weighted by Crippen LogP contribution is 2.33. The number of piperazine rings is 1. The molecule has 2 N–H and O–H groups in total. The molecular weight excluding hydrogens is 338 g/mol. The second-order valence-electron chi connectivity index (χ2n) is 5.43. The second-order valence-corrected chi connectivity index (χ2v) is 7.37. The Labute approximate surface area is 138 Å². The molecule has 5 nitrogen and oxygen atoms in total. The molecule has 3 rings (SSSR count). The van der Waals surface area contributed by atoms with Gasteiger partial charge in [0.05, 0.1) is 10.5 Å². The molecule has 1 aliphatic rings. The predicted molar refractivity (Wildman–Crippen MR) is 85.1 cm³/mol. The van der Waals surface area contributed by atoms with Crippen molar-refractivity contribution in [1.82, 2.24) is 9.62 Å². The third kappa shape index (κ3) is 3.00. The number of aromatic hydroxyl groups is 1. The molecule has 1 fully saturated rings. The normalized spacial score (nSPS) is 16.2. The zero-order valence-electron chi connectivity index (χ0n) is 12.7. The van der Waals surface area contributed by atoms with Crippen molar-refractivity contribution in [2.45, 2.75) is 4.90 Å². The lowest BCUT2D eigenvalue weighted by Crippen LogP contribution is -2.46. The van der Waals surface area contributed by atoms with Gasteiger partial charge in [-0.3, -0.25) is 0 Å². The van der Waals surface area contributed by atoms with Crippen LogP contribution in [0.2, 0.25) is 0 Å². The summed E-state index contributed by atoms with van der Waals surface area (Å²) in [5.74, 6) is -2.67. The maximum Gasteiger partial charge on any atom is 0.243 e. The molecule has 0 bridgehead atoms. The van der Waals surface area contributed by atoms with Gasteiger partial charge in [-0.2, -0.15) is 4.31 Å². The minimum Gasteiger partial charge on any atom is -0.507 e. The fourth-order valence-electron chi connectivity index (χ4n) is 2.64. The number of halogens is 2. The van der Waals surface area contributed by atoms with Crippen LogP contribution in [-0.2, 0) is 10.0 Å². The Balaban J connectivity index is 1.96. The molecule has 0 spiro atoms. The van der Waals surface area contributed by atoms with Crippen LogP contribution in [0.4, 0.5) is 8.78 Å². The first-order valence-electron chi connectivity index (χ1n) is 7.39. The lowest BCUT2D eigenvalue weighted by Gasteiger charge is -2.26. The molecule has 0 unspecified atom stereocenters. The van der Waals surface area contributed by atoms with Crippen LogP contribution in [0.15, 0.2) is 41.3 Å². The van der Waals surface area contributed by atoms with E-state index in [4.69, 9.17) is 0 Å². The summed E-state index contributed by atoms with van der Waals surface area (Å²) >= 11 is 0. The molecule has 1 heterocycles. The molecule has 1 saturated heterocycles. The zero-order chi connectivity index (χ0) is 17.3. The van der Waals surface area contributed by atoms with Crippen LogP contribution in [0, 0.1) is 11.6 Å². The number of nitrogens with zero attached hydrogens (tertiary/aromatic N) is 1. The molecule has 128 valence electrons. The van der Waals surface area contributed by atoms with Gasteiger partial charge in [-0.25, -0.2) is 17.2 Å². The van der Waals surface area contributed by atoms with Crippen molar-refractivity contribution in [2.75, 3.05) is 26.2 Å². The Hall–Kier alpha value is -2.03. The van der Waals surface area contributed by atoms with Crippen molar-refractivity contribution >= 4 is 10.0 Å². The van der Waals surface area contributed by atoms with Crippen molar-refractivity contribution in [3.05, 3.63) is 48.0 Å². The molecule has 0 amide bonds. The van der Waals surface area contributed by atoms with E-state index in [2.05, 4.69) is 5.32 Å². The van der Waals surface area contributed by atoms with Gasteiger partial charge in [-0.1, -0.05) is 12.1 Å². The van der Waals surface area contributed by atoms with Gasteiger partial charge in [-0.05, 0) is 29.8 Å². The van der Waals surface area contributed by atoms with Crippen molar-refractivity contribution in [3.8, 4) is 16.9 Å². The van der Waals surface area contributed by atoms with E-state index in [9.17, 15) is 22.3 Å². The summed E-state index contributed by atoms with van der Waals surface area (Å²) in [5.41, 5.74) is -0.0927. The number of phenolic OH excluding ortho intramolecular Hbond substituents is 1. The second kappa shape index (κ2) is 6.46. The van der Waals surface area contributed by atoms with E-state index in [1.54, 1.807) is 0 Å². The van der Waals surface area contributed by atoms with Gasteiger partial charge in [0, 0.05) is 26.2 Å². The highest BCUT2D eigenvalue weighted by Gasteiger charge is 2.26. The Kier molecular flexibility index (Phi) is 4.53. The van der Waals surface area contributed by atoms with Crippen molar-refractivity contribution < 1.29 is 22.3 Å². The molecule has 0 atom stereocenters. The molecule has 0 saturated carbocycles. The number of rotatable bonds is 3. The Morgan fingerprint density at radius 3 is 2.25 bits per heavy atom. The van der Waals surface area contributed by atoms with Crippen molar-refractivity contribution in [2.24, 2.45) is 0 Å². The minimum atomic E-state index is -3.63. The highest BCUT2D eigenvalue weighted by atomic mass is 32.2. The Morgan fingerprint density at radius 2 is 1.62 bits per heavy atom. The van der Waals surface area contributed by atoms with E-state index in [0.29, 0.717) is 26.2 Å². The third-order valence-corrected chi connectivity index (χ3v) is 5.84. The molecule has 2 aromatic carbocycles. The number of benzene rings is 2. The van der Waals surface area contributed by atoms with E-state index < -0.39 is 27.4 Å². The largest absolute Gasteiger partial charge is 0.507 e. The molecule has 24 heavy (non-hydrogen) atoms. The topological polar surface area (TPSA) is 69.6 Å². The van der Waals surface area contributed by atoms with Crippen LogP contribution in [0.1, 0.15) is 0 Å². The van der Waals surface area contributed by atoms with Crippen LogP contribution in [0.3, 0.4) is 0 Å². The number of nitrogens with one attached hydrogen (secondary N) is 1. The van der Waals surface area contributed by atoms with Gasteiger partial charge in [0.2, 0.25) is 10.0 Å². The summed E-state index contributed by atoms with van der Waals surface area (Å²) in [6.45, 7) is 1.92. The van der Waals surface area contributed by atoms with Crippen molar-refractivity contribution in [3.63, 3.8) is 0 Å². The maximum absolute atomic E-state index is 13.9. The fourth-order valence-corrected chi connectivity index (χ4v) is 4.08. The summed E-state index contributed by atoms with van der Waals surface area (Å²) in [4.78, 5) is 0.0736. The Morgan fingerprint density at radius 1 is 1.00 bits per heavy atom. The highest BCUT2D eigenvalue weighted by molar-refractivity contribution is 7.89. The standard InChI is InChI=1S/C16H16F2N2O3S/c17-13-5-6-14(21)15(16(13)18)11-1-3-12(4-2-11)24(22,23)20-9-7-19-8-10-20/h1-6,19,21H,7-10H2. The van der Waals surface area contributed by atoms with Crippen LogP contribution < -0.4 is 5.32 Å². The zero-order valence-corrected chi connectivity index (χ0v) is 13.5. The molecule has 0 aliphatic carbocycles. The molecule has 2 aromatic rings. The summed E-state index contributed by atoms with van der Waals surface area (Å²) in [6.07, 6.45) is 0. The molecule has 1 aliphatic heterocycles. The number of hydrogen-bond donors (Lipinski definition) is 2. The van der Waals surface area contributed by atoms with Gasteiger partial charge in [0.1, 0.15) is 5.75 Å². The summed E-state index contributed by atoms with van der Waals surface area (Å²) in [6, 6.07) is 7.25. The van der Waals surface area contributed by atoms with Gasteiger partial charge in [0.15, 0.2) is 11.6 Å². The lowest BCUT2D eigenvalue weighted by atomic mass is 10.0. The molecular formula is C16H16F2N2O3S. The van der Waals surface area contributed by atoms with Gasteiger partial charge < -0.3 is 10.4 Å². The summed E-state index contributed by atoms with van der Waals surface area (Å²) in [5, 5.41) is 12.8. The predicted octanol–water partition coefficient (Wildman–Crippen LogP) is 1.93. The number of hydrogen-bond acceptors (Lipinski definition) is 4.